The van der Waals surface area contributed by atoms with Crippen molar-refractivity contribution in [1.29, 1.82) is 0 Å². The highest BCUT2D eigenvalue weighted by Gasteiger charge is 2.25. The third kappa shape index (κ3) is 2.40. The van der Waals surface area contributed by atoms with Crippen LogP contribution in [0.25, 0.3) is 0 Å². The maximum Gasteiger partial charge on any atom is 0.254 e. The summed E-state index contributed by atoms with van der Waals surface area (Å²) >= 11 is 0. The maximum atomic E-state index is 12.0. The van der Waals surface area contributed by atoms with Crippen LogP contribution in [0.1, 0.15) is 28.8 Å². The van der Waals surface area contributed by atoms with Crippen LogP contribution in [0.3, 0.4) is 0 Å². The Hall–Kier alpha value is -1.58. The quantitative estimate of drug-likeness (QED) is 0.796. The van der Waals surface area contributed by atoms with Crippen molar-refractivity contribution < 1.29 is 9.18 Å². The molecule has 2 rings (SSSR count). The minimum absolute atomic E-state index is 0.0763. The Morgan fingerprint density at radius 2 is 2.24 bits per heavy atom. The van der Waals surface area contributed by atoms with E-state index in [9.17, 15) is 9.18 Å². The van der Waals surface area contributed by atoms with Crippen LogP contribution in [0.4, 0.5) is 10.1 Å². The van der Waals surface area contributed by atoms with Crippen molar-refractivity contribution in [3.8, 4) is 0 Å². The average molecular weight is 236 g/mol. The van der Waals surface area contributed by atoms with Crippen molar-refractivity contribution in [3.63, 3.8) is 0 Å². The summed E-state index contributed by atoms with van der Waals surface area (Å²) in [6.45, 7) is 1.13. The van der Waals surface area contributed by atoms with Crippen LogP contribution in [-0.2, 0) is 6.54 Å². The number of anilines is 1. The lowest BCUT2D eigenvalue weighted by molar-refractivity contribution is 0.0816. The first-order chi connectivity index (χ1) is 8.24. The molecule has 0 atom stereocenters. The highest BCUT2D eigenvalue weighted by molar-refractivity contribution is 5.99. The second-order valence-electron chi connectivity index (χ2n) is 4.32. The van der Waals surface area contributed by atoms with Gasteiger partial charge in [0, 0.05) is 37.0 Å². The Morgan fingerprint density at radius 3 is 3.00 bits per heavy atom. The second-order valence-corrected chi connectivity index (χ2v) is 4.32. The van der Waals surface area contributed by atoms with E-state index in [0.717, 1.165) is 29.8 Å². The Bertz CT molecular complexity index is 420. The molecule has 0 spiro atoms. The van der Waals surface area contributed by atoms with Gasteiger partial charge in [0.2, 0.25) is 0 Å². The first-order valence-electron chi connectivity index (χ1n) is 5.91. The summed E-state index contributed by atoms with van der Waals surface area (Å²) in [5.74, 6) is 0.0763. The summed E-state index contributed by atoms with van der Waals surface area (Å²) in [7, 11) is 1.80. The van der Waals surface area contributed by atoms with Crippen LogP contribution >= 0.6 is 0 Å². The van der Waals surface area contributed by atoms with Gasteiger partial charge >= 0.3 is 0 Å². The van der Waals surface area contributed by atoms with E-state index in [-0.39, 0.29) is 12.6 Å². The van der Waals surface area contributed by atoms with Gasteiger partial charge < -0.3 is 10.2 Å². The van der Waals surface area contributed by atoms with Gasteiger partial charge in [0.1, 0.15) is 0 Å². The molecule has 1 aliphatic heterocycles. The molecular weight excluding hydrogens is 219 g/mol. The van der Waals surface area contributed by atoms with Crippen molar-refractivity contribution in [2.75, 3.05) is 25.6 Å². The molecule has 0 saturated carbocycles. The van der Waals surface area contributed by atoms with Gasteiger partial charge in [-0.25, -0.2) is 0 Å². The van der Waals surface area contributed by atoms with Crippen molar-refractivity contribution in [3.05, 3.63) is 29.3 Å². The first-order valence-corrected chi connectivity index (χ1v) is 5.91. The first kappa shape index (κ1) is 11.9. The summed E-state index contributed by atoms with van der Waals surface area (Å²) < 4.78 is 12.0. The Morgan fingerprint density at radius 1 is 1.41 bits per heavy atom. The van der Waals surface area contributed by atoms with Gasteiger partial charge in [-0.2, -0.15) is 0 Å². The third-order valence-electron chi connectivity index (χ3n) is 3.02. The average Bonchev–Trinajstić information content (AvgIpc) is 2.62. The molecule has 3 nitrogen and oxygen atoms in total. The molecule has 0 radical (unpaired) electrons. The van der Waals surface area contributed by atoms with Crippen molar-refractivity contribution in [1.82, 2.24) is 4.90 Å². The predicted octanol–water partition coefficient (Wildman–Crippen LogP) is 2.43. The molecule has 17 heavy (non-hydrogen) atoms. The minimum atomic E-state index is -0.268. The zero-order valence-corrected chi connectivity index (χ0v) is 10.0. The molecule has 1 aliphatic rings. The molecular formula is C13H17FN2O. The van der Waals surface area contributed by atoms with Crippen molar-refractivity contribution >= 4 is 11.6 Å². The molecule has 1 aromatic rings. The van der Waals surface area contributed by atoms with E-state index < -0.39 is 0 Å². The molecule has 92 valence electrons. The topological polar surface area (TPSA) is 32.3 Å². The van der Waals surface area contributed by atoms with Crippen LogP contribution in [0.5, 0.6) is 0 Å². The molecule has 1 N–H and O–H groups in total. The Kier molecular flexibility index (Phi) is 3.61. The zero-order chi connectivity index (χ0) is 12.3. The molecule has 4 heteroatoms. The SMILES string of the molecule is CN1Cc2c(NCCCCF)cccc2C1=O. The summed E-state index contributed by atoms with van der Waals surface area (Å²) in [6, 6.07) is 5.71. The highest BCUT2D eigenvalue weighted by Crippen LogP contribution is 2.28. The third-order valence-corrected chi connectivity index (χ3v) is 3.02. The van der Waals surface area contributed by atoms with E-state index >= 15 is 0 Å². The fraction of sp³-hybridized carbons (Fsp3) is 0.462. The molecule has 0 bridgehead atoms. The maximum absolute atomic E-state index is 12.0. The summed E-state index contributed by atoms with van der Waals surface area (Å²) in [4.78, 5) is 13.5. The summed E-state index contributed by atoms with van der Waals surface area (Å²) in [5, 5.41) is 3.28. The number of carbonyl (C=O) groups is 1. The Labute approximate surface area is 101 Å². The molecule has 1 aromatic carbocycles. The Balaban J connectivity index is 2.07. The van der Waals surface area contributed by atoms with Gasteiger partial charge in [0.05, 0.1) is 6.67 Å². The van der Waals surface area contributed by atoms with Gasteiger partial charge in [0.25, 0.3) is 5.91 Å². The number of unbranched alkanes of at least 4 members (excludes halogenated alkanes) is 1. The number of alkyl halides is 1. The number of rotatable bonds is 5. The molecule has 0 aromatic heterocycles. The fourth-order valence-corrected chi connectivity index (χ4v) is 2.08. The smallest absolute Gasteiger partial charge is 0.254 e. The van der Waals surface area contributed by atoms with E-state index in [2.05, 4.69) is 5.32 Å². The molecule has 0 fully saturated rings. The van der Waals surface area contributed by atoms with Crippen LogP contribution in [0.2, 0.25) is 0 Å². The standard InChI is InChI=1S/C13H17FN2O/c1-16-9-11-10(13(16)17)5-4-6-12(11)15-8-3-2-7-14/h4-6,15H,2-3,7-9H2,1H3. The van der Waals surface area contributed by atoms with Gasteiger partial charge in [-0.15, -0.1) is 0 Å². The van der Waals surface area contributed by atoms with E-state index in [0.29, 0.717) is 13.0 Å². The van der Waals surface area contributed by atoms with Gasteiger partial charge in [-0.3, -0.25) is 9.18 Å². The number of fused-ring (bicyclic) bond motifs is 1. The van der Waals surface area contributed by atoms with E-state index in [1.165, 1.54) is 0 Å². The molecule has 1 heterocycles. The fourth-order valence-electron chi connectivity index (χ4n) is 2.08. The lowest BCUT2D eigenvalue weighted by Gasteiger charge is -2.10. The minimum Gasteiger partial charge on any atom is -0.385 e. The van der Waals surface area contributed by atoms with Gasteiger partial charge in [0.15, 0.2) is 0 Å². The number of halogens is 1. The van der Waals surface area contributed by atoms with E-state index in [4.69, 9.17) is 0 Å². The number of nitrogens with zero attached hydrogens (tertiary/aromatic N) is 1. The largest absolute Gasteiger partial charge is 0.385 e. The number of hydrogen-bond donors (Lipinski definition) is 1. The number of nitrogens with one attached hydrogen (secondary N) is 1. The zero-order valence-electron chi connectivity index (χ0n) is 10.0. The van der Waals surface area contributed by atoms with Crippen molar-refractivity contribution in [2.24, 2.45) is 0 Å². The summed E-state index contributed by atoms with van der Waals surface area (Å²) in [6.07, 6.45) is 1.39. The van der Waals surface area contributed by atoms with Crippen molar-refractivity contribution in [2.45, 2.75) is 19.4 Å². The van der Waals surface area contributed by atoms with Crippen LogP contribution in [0, 0.1) is 0 Å². The number of carbonyl (C=O) groups excluding carboxylic acids is 1. The summed E-state index contributed by atoms with van der Waals surface area (Å²) in [5.41, 5.74) is 2.84. The number of amides is 1. The molecule has 0 saturated heterocycles. The molecule has 1 amide bonds. The van der Waals surface area contributed by atoms with Gasteiger partial charge in [-0.1, -0.05) is 6.07 Å². The normalized spacial score (nSPS) is 14.0. The van der Waals surface area contributed by atoms with Crippen LogP contribution in [-0.4, -0.2) is 31.1 Å². The highest BCUT2D eigenvalue weighted by atomic mass is 19.1. The lowest BCUT2D eigenvalue weighted by atomic mass is 10.1. The second kappa shape index (κ2) is 5.17. The monoisotopic (exact) mass is 236 g/mol. The van der Waals surface area contributed by atoms with Gasteiger partial charge in [-0.05, 0) is 25.0 Å². The number of benzene rings is 1. The number of hydrogen-bond acceptors (Lipinski definition) is 2. The van der Waals surface area contributed by atoms with Crippen LogP contribution in [0.15, 0.2) is 18.2 Å². The molecule has 0 unspecified atom stereocenters. The predicted molar refractivity (Wildman–Crippen MR) is 65.9 cm³/mol. The van der Waals surface area contributed by atoms with Crippen LogP contribution < -0.4 is 5.32 Å². The van der Waals surface area contributed by atoms with E-state index in [1.54, 1.807) is 11.9 Å². The lowest BCUT2D eigenvalue weighted by Crippen LogP contribution is -2.17. The molecule has 0 aliphatic carbocycles. The van der Waals surface area contributed by atoms with E-state index in [1.807, 2.05) is 18.2 Å².